The highest BCUT2D eigenvalue weighted by molar-refractivity contribution is 14.1. The Morgan fingerprint density at radius 1 is 1.50 bits per heavy atom. The number of thioether (sulfide) groups is 1. The van der Waals surface area contributed by atoms with Gasteiger partial charge in [-0.3, -0.25) is 0 Å². The van der Waals surface area contributed by atoms with E-state index in [-0.39, 0.29) is 0 Å². The zero-order chi connectivity index (χ0) is 7.40. The number of hydrogen-bond donors (Lipinski definition) is 0. The zero-order valence-corrected chi connectivity index (χ0v) is 8.02. The van der Waals surface area contributed by atoms with Crippen LogP contribution in [0.1, 0.15) is 0 Å². The molecule has 0 radical (unpaired) electrons. The molecule has 0 aliphatic heterocycles. The van der Waals surface area contributed by atoms with Crippen molar-refractivity contribution in [1.82, 2.24) is 0 Å². The summed E-state index contributed by atoms with van der Waals surface area (Å²) in [4.78, 5) is 1.01. The molecule has 50 valence electrons. The Morgan fingerprint density at radius 2 is 2.30 bits per heavy atom. The van der Waals surface area contributed by atoms with Crippen LogP contribution in [0, 0.1) is 14.2 Å². The Balaban J connectivity index is 2.87. The minimum absolute atomic E-state index is 1.01. The molecule has 0 heterocycles. The van der Waals surface area contributed by atoms with Crippen LogP contribution in [0.25, 0.3) is 0 Å². The van der Waals surface area contributed by atoms with Gasteiger partial charge in [0.25, 0.3) is 0 Å². The van der Waals surface area contributed by atoms with Crippen molar-refractivity contribution in [3.63, 3.8) is 0 Å². The van der Waals surface area contributed by atoms with Crippen molar-refractivity contribution in [2.45, 2.75) is 4.90 Å². The third-order valence-corrected chi connectivity index (χ3v) is 2.21. The first kappa shape index (κ1) is 7.89. The van der Waals surface area contributed by atoms with Gasteiger partial charge >= 0.3 is 0 Å². The molecule has 0 fully saturated rings. The van der Waals surface area contributed by atoms with Gasteiger partial charge in [-0.05, 0) is 52.6 Å². The Hall–Kier alpha value is -0.210. The number of nitriles is 1. The zero-order valence-electron chi connectivity index (χ0n) is 5.04. The lowest BCUT2D eigenvalue weighted by molar-refractivity contribution is 1.44. The molecule has 3 heteroatoms. The first-order chi connectivity index (χ1) is 4.83. The lowest BCUT2D eigenvalue weighted by Gasteiger charge is -1.91. The number of thiocyanates is 1. The van der Waals surface area contributed by atoms with E-state index in [4.69, 9.17) is 5.26 Å². The standard InChI is InChI=1S/C7H4INS/c8-6-2-1-3-7(4-6)10-5-9/h1-4H. The molecule has 0 spiro atoms. The van der Waals surface area contributed by atoms with Gasteiger partial charge in [0.05, 0.1) is 0 Å². The van der Waals surface area contributed by atoms with E-state index in [0.717, 1.165) is 8.47 Å². The van der Waals surface area contributed by atoms with Gasteiger partial charge < -0.3 is 0 Å². The molecule has 0 atom stereocenters. The molecular formula is C7H4INS. The topological polar surface area (TPSA) is 23.8 Å². The van der Waals surface area contributed by atoms with Gasteiger partial charge in [0, 0.05) is 8.47 Å². The van der Waals surface area contributed by atoms with Crippen LogP contribution < -0.4 is 0 Å². The SMILES string of the molecule is N#CSc1cccc(I)c1. The summed E-state index contributed by atoms with van der Waals surface area (Å²) in [5, 5.41) is 10.3. The van der Waals surface area contributed by atoms with Gasteiger partial charge in [0.1, 0.15) is 5.40 Å². The summed E-state index contributed by atoms with van der Waals surface area (Å²) < 4.78 is 1.16. The molecule has 0 aliphatic carbocycles. The second-order valence-corrected chi connectivity index (χ2v) is 3.75. The molecule has 0 saturated carbocycles. The molecule has 0 unspecified atom stereocenters. The predicted octanol–water partition coefficient (Wildman–Crippen LogP) is 2.86. The number of hydrogen-bond acceptors (Lipinski definition) is 2. The largest absolute Gasteiger partial charge is 0.185 e. The Morgan fingerprint density at radius 3 is 2.90 bits per heavy atom. The summed E-state index contributed by atoms with van der Waals surface area (Å²) in [5.41, 5.74) is 0. The number of halogens is 1. The lowest BCUT2D eigenvalue weighted by Crippen LogP contribution is -1.70. The summed E-state index contributed by atoms with van der Waals surface area (Å²) in [6, 6.07) is 7.86. The fourth-order valence-corrected chi connectivity index (χ4v) is 1.78. The second-order valence-electron chi connectivity index (χ2n) is 1.65. The van der Waals surface area contributed by atoms with E-state index >= 15 is 0 Å². The molecule has 1 aromatic carbocycles. The van der Waals surface area contributed by atoms with Gasteiger partial charge in [-0.15, -0.1) is 0 Å². The van der Waals surface area contributed by atoms with Crippen molar-refractivity contribution < 1.29 is 0 Å². The van der Waals surface area contributed by atoms with E-state index in [1.807, 2.05) is 29.7 Å². The third kappa shape index (κ3) is 2.20. The van der Waals surface area contributed by atoms with E-state index in [1.165, 1.54) is 11.8 Å². The Kier molecular flexibility index (Phi) is 3.03. The van der Waals surface area contributed by atoms with Gasteiger partial charge in [-0.1, -0.05) is 6.07 Å². The Labute approximate surface area is 77.6 Å². The molecule has 0 N–H and O–H groups in total. The van der Waals surface area contributed by atoms with Crippen LogP contribution in [0.15, 0.2) is 29.2 Å². The highest BCUT2D eigenvalue weighted by atomic mass is 127. The predicted molar refractivity (Wildman–Crippen MR) is 50.6 cm³/mol. The minimum Gasteiger partial charge on any atom is -0.185 e. The first-order valence-corrected chi connectivity index (χ1v) is 4.54. The summed E-state index contributed by atoms with van der Waals surface area (Å²) in [7, 11) is 0. The molecular weight excluding hydrogens is 257 g/mol. The van der Waals surface area contributed by atoms with Crippen molar-refractivity contribution in [3.05, 3.63) is 27.8 Å². The summed E-state index contributed by atoms with van der Waals surface area (Å²) in [6.07, 6.45) is 0. The number of rotatable bonds is 1. The molecule has 0 saturated heterocycles. The number of nitrogens with zero attached hydrogens (tertiary/aromatic N) is 1. The van der Waals surface area contributed by atoms with Crippen LogP contribution in [0.3, 0.4) is 0 Å². The van der Waals surface area contributed by atoms with Gasteiger partial charge in [-0.25, -0.2) is 0 Å². The molecule has 1 nitrogen and oxygen atoms in total. The molecule has 1 aromatic rings. The third-order valence-electron chi connectivity index (χ3n) is 0.960. The van der Waals surface area contributed by atoms with E-state index in [2.05, 4.69) is 22.6 Å². The van der Waals surface area contributed by atoms with E-state index in [9.17, 15) is 0 Å². The van der Waals surface area contributed by atoms with Gasteiger partial charge in [0.15, 0.2) is 0 Å². The maximum absolute atomic E-state index is 8.32. The maximum atomic E-state index is 8.32. The van der Waals surface area contributed by atoms with Crippen LogP contribution in [0.2, 0.25) is 0 Å². The first-order valence-electron chi connectivity index (χ1n) is 2.64. The van der Waals surface area contributed by atoms with E-state index in [0.29, 0.717) is 0 Å². The lowest BCUT2D eigenvalue weighted by atomic mass is 10.4. The van der Waals surface area contributed by atoms with Crippen molar-refractivity contribution in [2.24, 2.45) is 0 Å². The minimum atomic E-state index is 1.01. The molecule has 0 aliphatic rings. The molecule has 1 rings (SSSR count). The van der Waals surface area contributed by atoms with E-state index in [1.54, 1.807) is 0 Å². The smallest absolute Gasteiger partial charge is 0.138 e. The van der Waals surface area contributed by atoms with Crippen LogP contribution in [0.5, 0.6) is 0 Å². The molecule has 0 aromatic heterocycles. The fraction of sp³-hybridized carbons (Fsp3) is 0. The Bertz CT molecular complexity index is 267. The summed E-state index contributed by atoms with van der Waals surface area (Å²) in [6.45, 7) is 0. The molecule has 10 heavy (non-hydrogen) atoms. The highest BCUT2D eigenvalue weighted by Gasteiger charge is 1.91. The fourth-order valence-electron chi connectivity index (χ4n) is 0.583. The average Bonchev–Trinajstić information content (AvgIpc) is 1.88. The molecule has 0 amide bonds. The van der Waals surface area contributed by atoms with Crippen molar-refractivity contribution in [1.29, 1.82) is 5.26 Å². The van der Waals surface area contributed by atoms with Crippen LogP contribution >= 0.6 is 34.4 Å². The normalized spacial score (nSPS) is 8.80. The van der Waals surface area contributed by atoms with E-state index < -0.39 is 0 Å². The second kappa shape index (κ2) is 3.84. The van der Waals surface area contributed by atoms with Crippen molar-refractivity contribution in [2.75, 3.05) is 0 Å². The summed E-state index contributed by atoms with van der Waals surface area (Å²) >= 11 is 3.41. The highest BCUT2D eigenvalue weighted by Crippen LogP contribution is 2.18. The quantitative estimate of drug-likeness (QED) is 0.441. The van der Waals surface area contributed by atoms with Crippen LogP contribution in [-0.4, -0.2) is 0 Å². The van der Waals surface area contributed by atoms with Crippen molar-refractivity contribution >= 4 is 34.4 Å². The van der Waals surface area contributed by atoms with Crippen LogP contribution in [-0.2, 0) is 0 Å². The maximum Gasteiger partial charge on any atom is 0.138 e. The van der Waals surface area contributed by atoms with Gasteiger partial charge in [0.2, 0.25) is 0 Å². The average molecular weight is 261 g/mol. The molecule has 0 bridgehead atoms. The van der Waals surface area contributed by atoms with Crippen LogP contribution in [0.4, 0.5) is 0 Å². The summed E-state index contributed by atoms with van der Waals surface area (Å²) in [5.74, 6) is 0. The monoisotopic (exact) mass is 261 g/mol. The van der Waals surface area contributed by atoms with Crippen molar-refractivity contribution in [3.8, 4) is 5.40 Å². The number of benzene rings is 1. The van der Waals surface area contributed by atoms with Gasteiger partial charge in [-0.2, -0.15) is 5.26 Å².